The molecule has 0 amide bonds. The van der Waals surface area contributed by atoms with E-state index in [0.717, 1.165) is 41.6 Å². The Bertz CT molecular complexity index is 651. The van der Waals surface area contributed by atoms with Crippen LogP contribution in [0.3, 0.4) is 0 Å². The highest BCUT2D eigenvalue weighted by atomic mass is 32.2. The van der Waals surface area contributed by atoms with Gasteiger partial charge in [0.25, 0.3) is 0 Å². The fraction of sp³-hybridized carbons (Fsp3) is 0.333. The minimum absolute atomic E-state index is 0.767. The molecule has 0 fully saturated rings. The first-order valence-corrected chi connectivity index (χ1v) is 9.85. The van der Waals surface area contributed by atoms with Crippen molar-refractivity contribution < 1.29 is 4.74 Å². The fourth-order valence-electron chi connectivity index (χ4n) is 2.28. The number of anilines is 1. The Morgan fingerprint density at radius 3 is 2.48 bits per heavy atom. The first-order chi connectivity index (χ1) is 12.2. The van der Waals surface area contributed by atoms with Gasteiger partial charge in [0.15, 0.2) is 0 Å². The SMILES string of the molecule is CCCCCOc1ccc(NCS/C=C(\N)c2ccc(C)cc2)cc1. The molecule has 0 atom stereocenters. The summed E-state index contributed by atoms with van der Waals surface area (Å²) in [6.45, 7) is 5.06. The van der Waals surface area contributed by atoms with Crippen LogP contribution in [0.15, 0.2) is 53.9 Å². The lowest BCUT2D eigenvalue weighted by atomic mass is 10.1. The summed E-state index contributed by atoms with van der Waals surface area (Å²) in [5, 5.41) is 5.36. The van der Waals surface area contributed by atoms with Gasteiger partial charge in [-0.05, 0) is 48.6 Å². The third-order valence-corrected chi connectivity index (χ3v) is 4.56. The van der Waals surface area contributed by atoms with Crippen LogP contribution in [0.2, 0.25) is 0 Å². The molecule has 2 rings (SSSR count). The third-order valence-electron chi connectivity index (χ3n) is 3.83. The molecular weight excluding hydrogens is 328 g/mol. The van der Waals surface area contributed by atoms with E-state index >= 15 is 0 Å². The highest BCUT2D eigenvalue weighted by Gasteiger charge is 1.97. The van der Waals surface area contributed by atoms with Gasteiger partial charge in [0, 0.05) is 11.4 Å². The van der Waals surface area contributed by atoms with Crippen LogP contribution in [-0.2, 0) is 0 Å². The van der Waals surface area contributed by atoms with Gasteiger partial charge in [-0.1, -0.05) is 49.6 Å². The average Bonchev–Trinajstić information content (AvgIpc) is 2.64. The van der Waals surface area contributed by atoms with E-state index in [0.29, 0.717) is 0 Å². The second-order valence-corrected chi connectivity index (χ2v) is 6.86. The van der Waals surface area contributed by atoms with Gasteiger partial charge in [-0.2, -0.15) is 0 Å². The van der Waals surface area contributed by atoms with Gasteiger partial charge >= 0.3 is 0 Å². The minimum Gasteiger partial charge on any atom is -0.494 e. The molecule has 0 saturated heterocycles. The zero-order valence-electron chi connectivity index (χ0n) is 15.1. The van der Waals surface area contributed by atoms with E-state index in [1.165, 1.54) is 18.4 Å². The van der Waals surface area contributed by atoms with E-state index < -0.39 is 0 Å². The Morgan fingerprint density at radius 2 is 1.80 bits per heavy atom. The number of nitrogens with one attached hydrogen (secondary N) is 1. The molecule has 134 valence electrons. The van der Waals surface area contributed by atoms with Crippen LogP contribution < -0.4 is 15.8 Å². The summed E-state index contributed by atoms with van der Waals surface area (Å²) in [6.07, 6.45) is 3.55. The lowest BCUT2D eigenvalue weighted by molar-refractivity contribution is 0.306. The first kappa shape index (κ1) is 19.3. The number of rotatable bonds is 10. The van der Waals surface area contributed by atoms with Crippen molar-refractivity contribution >= 4 is 23.1 Å². The van der Waals surface area contributed by atoms with Crippen LogP contribution in [-0.4, -0.2) is 12.5 Å². The van der Waals surface area contributed by atoms with Gasteiger partial charge in [-0.25, -0.2) is 0 Å². The Kier molecular flexibility index (Phi) is 8.26. The van der Waals surface area contributed by atoms with Crippen LogP contribution in [0.1, 0.15) is 37.3 Å². The van der Waals surface area contributed by atoms with Crippen LogP contribution in [0.5, 0.6) is 5.75 Å². The minimum atomic E-state index is 0.767. The standard InChI is InChI=1S/C21H28N2OS/c1-3-4-5-14-24-20-12-10-19(11-13-20)23-16-25-15-21(22)18-8-6-17(2)7-9-18/h6-13,15,23H,3-5,14,16,22H2,1-2H3/b21-15-. The van der Waals surface area contributed by atoms with Crippen LogP contribution in [0, 0.1) is 6.92 Å². The van der Waals surface area contributed by atoms with Gasteiger partial charge < -0.3 is 15.8 Å². The molecule has 4 heteroatoms. The van der Waals surface area contributed by atoms with Crippen LogP contribution in [0.4, 0.5) is 5.69 Å². The molecule has 0 aliphatic carbocycles. The first-order valence-electron chi connectivity index (χ1n) is 8.80. The molecule has 2 aromatic rings. The third kappa shape index (κ3) is 7.14. The van der Waals surface area contributed by atoms with Crippen molar-refractivity contribution in [3.63, 3.8) is 0 Å². The smallest absolute Gasteiger partial charge is 0.119 e. The molecule has 0 bridgehead atoms. The van der Waals surface area contributed by atoms with Gasteiger partial charge in [-0.3, -0.25) is 0 Å². The fourth-order valence-corrected chi connectivity index (χ4v) is 2.93. The molecule has 0 aromatic heterocycles. The molecule has 3 N–H and O–H groups in total. The molecule has 0 unspecified atom stereocenters. The summed E-state index contributed by atoms with van der Waals surface area (Å²) in [7, 11) is 0. The van der Waals surface area contributed by atoms with Gasteiger partial charge in [0.1, 0.15) is 5.75 Å². The molecule has 3 nitrogen and oxygen atoms in total. The zero-order chi connectivity index (χ0) is 17.9. The second-order valence-electron chi connectivity index (χ2n) is 6.01. The Hall–Kier alpha value is -2.07. The predicted octanol–water partition coefficient (Wildman–Crippen LogP) is 5.62. The molecule has 2 aromatic carbocycles. The van der Waals surface area contributed by atoms with Crippen molar-refractivity contribution in [1.29, 1.82) is 0 Å². The maximum absolute atomic E-state index is 6.11. The number of thioether (sulfide) groups is 1. The number of hydrogen-bond donors (Lipinski definition) is 2. The summed E-state index contributed by atoms with van der Waals surface area (Å²) in [5.74, 6) is 1.70. The lowest BCUT2D eigenvalue weighted by Crippen LogP contribution is -1.99. The van der Waals surface area contributed by atoms with Crippen molar-refractivity contribution in [2.45, 2.75) is 33.1 Å². The van der Waals surface area contributed by atoms with E-state index in [4.69, 9.17) is 10.5 Å². The van der Waals surface area contributed by atoms with Crippen LogP contribution in [0.25, 0.3) is 5.70 Å². The molecule has 0 spiro atoms. The van der Waals surface area contributed by atoms with E-state index in [1.807, 2.05) is 41.8 Å². The molecule has 0 heterocycles. The zero-order valence-corrected chi connectivity index (χ0v) is 15.9. The molecule has 25 heavy (non-hydrogen) atoms. The average molecular weight is 357 g/mol. The molecular formula is C21H28N2OS. The number of ether oxygens (including phenoxy) is 1. The molecule has 0 radical (unpaired) electrons. The van der Waals surface area contributed by atoms with E-state index in [2.05, 4.69) is 31.3 Å². The van der Waals surface area contributed by atoms with E-state index in [-0.39, 0.29) is 0 Å². The van der Waals surface area contributed by atoms with E-state index in [1.54, 1.807) is 11.8 Å². The summed E-state index contributed by atoms with van der Waals surface area (Å²) >= 11 is 1.65. The maximum atomic E-state index is 6.11. The second kappa shape index (κ2) is 10.7. The highest BCUT2D eigenvalue weighted by Crippen LogP contribution is 2.18. The number of hydrogen-bond acceptors (Lipinski definition) is 4. The molecule has 0 saturated carbocycles. The number of aryl methyl sites for hydroxylation is 1. The van der Waals surface area contributed by atoms with Gasteiger partial charge in [0.05, 0.1) is 12.5 Å². The summed E-state index contributed by atoms with van der Waals surface area (Å²) in [6, 6.07) is 16.4. The monoisotopic (exact) mass is 356 g/mol. The van der Waals surface area contributed by atoms with Gasteiger partial charge in [-0.15, -0.1) is 11.8 Å². The Labute approximate surface area is 155 Å². The molecule has 0 aliphatic rings. The quantitative estimate of drug-likeness (QED) is 0.428. The van der Waals surface area contributed by atoms with E-state index in [9.17, 15) is 0 Å². The van der Waals surface area contributed by atoms with Gasteiger partial charge in [0.2, 0.25) is 0 Å². The van der Waals surface area contributed by atoms with Crippen molar-refractivity contribution in [2.75, 3.05) is 17.8 Å². The number of nitrogens with two attached hydrogens (primary N) is 1. The van der Waals surface area contributed by atoms with Crippen molar-refractivity contribution in [3.05, 3.63) is 65.1 Å². The van der Waals surface area contributed by atoms with Crippen LogP contribution >= 0.6 is 11.8 Å². The topological polar surface area (TPSA) is 47.3 Å². The summed E-state index contributed by atoms with van der Waals surface area (Å²) in [4.78, 5) is 0. The summed E-state index contributed by atoms with van der Waals surface area (Å²) < 4.78 is 5.72. The van der Waals surface area contributed by atoms with Crippen molar-refractivity contribution in [2.24, 2.45) is 5.73 Å². The lowest BCUT2D eigenvalue weighted by Gasteiger charge is -2.08. The van der Waals surface area contributed by atoms with Crippen molar-refractivity contribution in [3.8, 4) is 5.75 Å². The Morgan fingerprint density at radius 1 is 1.08 bits per heavy atom. The van der Waals surface area contributed by atoms with Crippen molar-refractivity contribution in [1.82, 2.24) is 0 Å². The summed E-state index contributed by atoms with van der Waals surface area (Å²) in [5.41, 5.74) is 10.3. The Balaban J connectivity index is 1.72. The molecule has 0 aliphatic heterocycles. The predicted molar refractivity (Wildman–Crippen MR) is 111 cm³/mol. The number of unbranched alkanes of at least 4 members (excludes halogenated alkanes) is 2. The normalized spacial score (nSPS) is 11.4. The largest absolute Gasteiger partial charge is 0.494 e. The number of benzene rings is 2. The maximum Gasteiger partial charge on any atom is 0.119 e. The highest BCUT2D eigenvalue weighted by molar-refractivity contribution is 8.02.